The van der Waals surface area contributed by atoms with Gasteiger partial charge in [0.15, 0.2) is 0 Å². The molecular formula is C14H12ClF3N2. The molecule has 6 heteroatoms. The van der Waals surface area contributed by atoms with Crippen LogP contribution in [0.3, 0.4) is 0 Å². The van der Waals surface area contributed by atoms with E-state index in [0.29, 0.717) is 18.0 Å². The van der Waals surface area contributed by atoms with Crippen molar-refractivity contribution in [2.75, 3.05) is 0 Å². The van der Waals surface area contributed by atoms with Crippen molar-refractivity contribution in [2.24, 2.45) is 0 Å². The fraction of sp³-hybridized carbons (Fsp3) is 0.357. The highest BCUT2D eigenvalue weighted by Crippen LogP contribution is 2.39. The molecule has 0 aliphatic heterocycles. The second kappa shape index (κ2) is 4.81. The van der Waals surface area contributed by atoms with E-state index in [1.165, 1.54) is 6.07 Å². The minimum atomic E-state index is -4.37. The Labute approximate surface area is 119 Å². The van der Waals surface area contributed by atoms with E-state index in [1.54, 1.807) is 4.68 Å². The summed E-state index contributed by atoms with van der Waals surface area (Å²) in [6.45, 7) is 0.379. The van der Waals surface area contributed by atoms with E-state index in [4.69, 9.17) is 11.6 Å². The lowest BCUT2D eigenvalue weighted by Crippen LogP contribution is -2.07. The summed E-state index contributed by atoms with van der Waals surface area (Å²) in [7, 11) is 0. The molecule has 3 rings (SSSR count). The summed E-state index contributed by atoms with van der Waals surface area (Å²) in [5, 5.41) is 4.53. The minimum Gasteiger partial charge on any atom is -0.268 e. The molecule has 0 bridgehead atoms. The highest BCUT2D eigenvalue weighted by molar-refractivity contribution is 6.31. The van der Waals surface area contributed by atoms with Gasteiger partial charge in [-0.25, -0.2) is 0 Å². The number of hydrogen-bond acceptors (Lipinski definition) is 1. The first-order valence-corrected chi connectivity index (χ1v) is 6.70. The number of aromatic nitrogens is 2. The highest BCUT2D eigenvalue weighted by atomic mass is 35.5. The van der Waals surface area contributed by atoms with Gasteiger partial charge in [0.05, 0.1) is 17.8 Å². The fourth-order valence-corrected chi connectivity index (χ4v) is 2.33. The lowest BCUT2D eigenvalue weighted by molar-refractivity contribution is -0.137. The number of hydrogen-bond donors (Lipinski definition) is 0. The Balaban J connectivity index is 1.79. The highest BCUT2D eigenvalue weighted by Gasteiger charge is 2.31. The molecule has 1 aliphatic carbocycles. The molecule has 0 spiro atoms. The molecule has 0 atom stereocenters. The monoisotopic (exact) mass is 300 g/mol. The van der Waals surface area contributed by atoms with Crippen LogP contribution >= 0.6 is 11.6 Å². The van der Waals surface area contributed by atoms with Crippen LogP contribution in [0.2, 0.25) is 5.02 Å². The molecule has 0 saturated heterocycles. The van der Waals surface area contributed by atoms with E-state index in [2.05, 4.69) is 5.10 Å². The number of benzene rings is 1. The van der Waals surface area contributed by atoms with Crippen molar-refractivity contribution in [3.63, 3.8) is 0 Å². The maximum Gasteiger partial charge on any atom is 0.416 e. The van der Waals surface area contributed by atoms with E-state index in [0.717, 1.165) is 30.7 Å². The largest absolute Gasteiger partial charge is 0.416 e. The van der Waals surface area contributed by atoms with Gasteiger partial charge in [0.25, 0.3) is 0 Å². The first kappa shape index (κ1) is 13.5. The summed E-state index contributed by atoms with van der Waals surface area (Å²) in [5.41, 5.74) is 0.948. The zero-order valence-corrected chi connectivity index (χ0v) is 11.2. The van der Waals surface area contributed by atoms with Crippen LogP contribution in [0.15, 0.2) is 30.5 Å². The van der Waals surface area contributed by atoms with Crippen molar-refractivity contribution < 1.29 is 13.2 Å². The molecular weight excluding hydrogens is 289 g/mol. The Morgan fingerprint density at radius 3 is 2.60 bits per heavy atom. The Kier molecular flexibility index (Phi) is 3.24. The zero-order valence-electron chi connectivity index (χ0n) is 10.5. The van der Waals surface area contributed by atoms with Crippen LogP contribution in [-0.4, -0.2) is 9.78 Å². The van der Waals surface area contributed by atoms with Gasteiger partial charge >= 0.3 is 6.18 Å². The Morgan fingerprint density at radius 2 is 2.00 bits per heavy atom. The topological polar surface area (TPSA) is 17.8 Å². The second-order valence-electron chi connectivity index (χ2n) is 5.02. The van der Waals surface area contributed by atoms with Crippen molar-refractivity contribution in [3.8, 4) is 0 Å². The van der Waals surface area contributed by atoms with E-state index < -0.39 is 11.7 Å². The second-order valence-corrected chi connectivity index (χ2v) is 5.42. The summed E-state index contributed by atoms with van der Waals surface area (Å²) in [6.07, 6.45) is -0.204. The Morgan fingerprint density at radius 1 is 1.25 bits per heavy atom. The minimum absolute atomic E-state index is 0.114. The molecule has 0 unspecified atom stereocenters. The summed E-state index contributed by atoms with van der Waals surface area (Å²) >= 11 is 5.93. The third kappa shape index (κ3) is 2.82. The Hall–Kier alpha value is -1.49. The van der Waals surface area contributed by atoms with E-state index in [-0.39, 0.29) is 5.02 Å². The van der Waals surface area contributed by atoms with Gasteiger partial charge in [-0.1, -0.05) is 17.7 Å². The summed E-state index contributed by atoms with van der Waals surface area (Å²) in [6, 6.07) is 5.37. The molecule has 1 aromatic heterocycles. The predicted octanol–water partition coefficient (Wildman–Crippen LogP) is 4.48. The molecule has 1 aliphatic rings. The smallest absolute Gasteiger partial charge is 0.268 e. The molecule has 0 radical (unpaired) electrons. The molecule has 20 heavy (non-hydrogen) atoms. The fourth-order valence-electron chi connectivity index (χ4n) is 2.09. The first-order valence-electron chi connectivity index (χ1n) is 6.32. The molecule has 2 nitrogen and oxygen atoms in total. The maximum atomic E-state index is 12.5. The molecule has 0 N–H and O–H groups in total. The summed E-state index contributed by atoms with van der Waals surface area (Å²) in [5.74, 6) is 0.555. The third-order valence-corrected chi connectivity index (χ3v) is 3.72. The number of alkyl halides is 3. The van der Waals surface area contributed by atoms with E-state index in [9.17, 15) is 13.2 Å². The quantitative estimate of drug-likeness (QED) is 0.817. The molecule has 2 aromatic rings. The Bertz CT molecular complexity index is 630. The van der Waals surface area contributed by atoms with Crippen LogP contribution in [-0.2, 0) is 12.7 Å². The predicted molar refractivity (Wildman–Crippen MR) is 69.8 cm³/mol. The lowest BCUT2D eigenvalue weighted by Gasteiger charge is -2.10. The molecule has 0 amide bonds. The summed E-state index contributed by atoms with van der Waals surface area (Å²) in [4.78, 5) is 0. The number of halogens is 4. The van der Waals surface area contributed by atoms with Gasteiger partial charge in [0, 0.05) is 17.1 Å². The van der Waals surface area contributed by atoms with Gasteiger partial charge in [0.2, 0.25) is 0 Å². The van der Waals surface area contributed by atoms with Gasteiger partial charge in [-0.05, 0) is 36.6 Å². The van der Waals surface area contributed by atoms with Gasteiger partial charge in [-0.15, -0.1) is 0 Å². The van der Waals surface area contributed by atoms with Crippen molar-refractivity contribution in [1.29, 1.82) is 0 Å². The van der Waals surface area contributed by atoms with Crippen LogP contribution in [0.5, 0.6) is 0 Å². The van der Waals surface area contributed by atoms with E-state index >= 15 is 0 Å². The molecule has 1 fully saturated rings. The van der Waals surface area contributed by atoms with Crippen molar-refractivity contribution in [3.05, 3.63) is 52.3 Å². The van der Waals surface area contributed by atoms with E-state index in [1.807, 2.05) is 12.3 Å². The van der Waals surface area contributed by atoms with Gasteiger partial charge in [-0.2, -0.15) is 18.3 Å². The zero-order chi connectivity index (χ0) is 14.3. The van der Waals surface area contributed by atoms with Gasteiger partial charge < -0.3 is 0 Å². The molecule has 1 heterocycles. The molecule has 1 aromatic carbocycles. The number of nitrogens with zero attached hydrogens (tertiary/aromatic N) is 2. The average molecular weight is 301 g/mol. The summed E-state index contributed by atoms with van der Waals surface area (Å²) < 4.78 is 39.4. The van der Waals surface area contributed by atoms with Crippen LogP contribution in [0, 0.1) is 0 Å². The standard InChI is InChI=1S/C14H12ClF3N2/c15-12-7-11(14(16,17)18)4-3-10(12)8-20-6-5-13(19-20)9-1-2-9/h3-7,9H,1-2,8H2. The SMILES string of the molecule is FC(F)(F)c1ccc(Cn2ccc(C3CC3)n2)c(Cl)c1. The lowest BCUT2D eigenvalue weighted by atomic mass is 10.1. The van der Waals surface area contributed by atoms with Crippen LogP contribution < -0.4 is 0 Å². The normalized spacial score (nSPS) is 15.6. The maximum absolute atomic E-state index is 12.5. The molecule has 1 saturated carbocycles. The van der Waals surface area contributed by atoms with Gasteiger partial charge in [0.1, 0.15) is 0 Å². The molecule has 106 valence electrons. The van der Waals surface area contributed by atoms with Crippen LogP contribution in [0.25, 0.3) is 0 Å². The van der Waals surface area contributed by atoms with Crippen molar-refractivity contribution in [2.45, 2.75) is 31.5 Å². The first-order chi connectivity index (χ1) is 9.43. The van der Waals surface area contributed by atoms with Crippen molar-refractivity contribution in [1.82, 2.24) is 9.78 Å². The van der Waals surface area contributed by atoms with Gasteiger partial charge in [-0.3, -0.25) is 4.68 Å². The van der Waals surface area contributed by atoms with Crippen LogP contribution in [0.1, 0.15) is 35.6 Å². The third-order valence-electron chi connectivity index (χ3n) is 3.37. The van der Waals surface area contributed by atoms with Crippen molar-refractivity contribution >= 4 is 11.6 Å². The number of rotatable bonds is 3. The van der Waals surface area contributed by atoms with Crippen LogP contribution in [0.4, 0.5) is 13.2 Å². The average Bonchev–Trinajstić information content (AvgIpc) is 3.11.